The first-order valence-corrected chi connectivity index (χ1v) is 37.5. The lowest BCUT2D eigenvalue weighted by Crippen LogP contribution is -2.77. The highest BCUT2D eigenvalue weighted by Gasteiger charge is 2.87. The molecule has 6 aliphatic heterocycles. The van der Waals surface area contributed by atoms with Crippen LogP contribution >= 0.6 is 0 Å². The summed E-state index contributed by atoms with van der Waals surface area (Å²) in [5.41, 5.74) is -6.40. The summed E-state index contributed by atoms with van der Waals surface area (Å²) in [5, 5.41) is 170. The van der Waals surface area contributed by atoms with Gasteiger partial charge in [-0.05, 0) is 117 Å². The minimum atomic E-state index is -2.38. The van der Waals surface area contributed by atoms with E-state index < -0.39 is 259 Å². The van der Waals surface area contributed by atoms with Gasteiger partial charge in [0.1, 0.15) is 121 Å². The molecule has 0 radical (unpaired) electrons. The molecule has 5 saturated carbocycles. The van der Waals surface area contributed by atoms with Crippen LogP contribution in [0.5, 0.6) is 0 Å². The Morgan fingerprint density at radius 2 is 1.03 bits per heavy atom. The number of carbonyl (C=O) groups excluding carboxylic acids is 3. The van der Waals surface area contributed by atoms with E-state index in [4.69, 9.17) is 61.6 Å². The van der Waals surface area contributed by atoms with Crippen molar-refractivity contribution in [2.75, 3.05) is 13.2 Å². The first-order chi connectivity index (χ1) is 50.9. The predicted molar refractivity (Wildman–Crippen MR) is 364 cm³/mol. The minimum absolute atomic E-state index is 0.0215. The van der Waals surface area contributed by atoms with Crippen molar-refractivity contribution in [3.8, 4) is 0 Å². The van der Waals surface area contributed by atoms with E-state index in [2.05, 4.69) is 20.8 Å². The molecule has 0 amide bonds. The standard InChI is InChI=1S/C76H106O32/c1-32-44(81)48(85)52(89)64(96-32)104-57-50(87)45(82)33(2)97-66(57)105-58-51(88)47(84)37(31-78)99-67(58)102-55-54(91)56(62(92)93)103-68(59(55)106-65-53(90)49(86)46(83)36(30-77)98-65)100-42-24-25-72(7)38(71(42,5)6)22-26-73(8)39(72)23-27-75-40-28-70(3,4)60(107-63(94)35-18-14-11-15-19-35)61(101-43(80)21-20-34-16-12-10-13-17-34)76(40,69(95)108-75)41(79)29-74(73,75)9/h10-21,32-33,36-42,44-61,64-68,77-79,81-91H,22-31H2,1-9H3,(H,92,93)/b21-20-/t32-,33-,36+,37+,38-,39+,40-,41+,42-,44-,45-,46-,47-,48+,49-,50+,51-,52+,53+,54-,55-,56-,57+,58+,59+,60-,61-,64-,65-,66-,67-,68+,72-,73+,74-,75-,76+/m0/s1. The van der Waals surface area contributed by atoms with E-state index in [9.17, 15) is 91.0 Å². The average molecular weight is 1530 g/mol. The smallest absolute Gasteiger partial charge is 0.338 e. The Hall–Kier alpha value is -4.90. The monoisotopic (exact) mass is 1530 g/mol. The van der Waals surface area contributed by atoms with Gasteiger partial charge in [0, 0.05) is 22.8 Å². The summed E-state index contributed by atoms with van der Waals surface area (Å²) >= 11 is 0. The molecule has 0 unspecified atom stereocenters. The second-order valence-corrected chi connectivity index (χ2v) is 33.8. The molecule has 13 rings (SSSR count). The molecule has 11 fully saturated rings. The van der Waals surface area contributed by atoms with Crippen LogP contribution in [0.2, 0.25) is 0 Å². The van der Waals surface area contributed by atoms with Gasteiger partial charge in [-0.2, -0.15) is 0 Å². The van der Waals surface area contributed by atoms with Crippen molar-refractivity contribution in [3.05, 3.63) is 77.9 Å². The summed E-state index contributed by atoms with van der Waals surface area (Å²) in [7, 11) is 0. The Morgan fingerprint density at radius 3 is 1.66 bits per heavy atom. The van der Waals surface area contributed by atoms with Crippen LogP contribution in [0, 0.1) is 50.2 Å². The Balaban J connectivity index is 0.809. The summed E-state index contributed by atoms with van der Waals surface area (Å²) < 4.78 is 82.0. The van der Waals surface area contributed by atoms with Gasteiger partial charge in [0.2, 0.25) is 0 Å². The third-order valence-corrected chi connectivity index (χ3v) is 27.3. The highest BCUT2D eigenvalue weighted by atomic mass is 16.8. The number of ether oxygens (including phenoxy) is 13. The molecule has 1 spiro atoms. The first-order valence-electron chi connectivity index (χ1n) is 37.5. The number of rotatable bonds is 18. The molecule has 6 saturated heterocycles. The number of hydrogen-bond acceptors (Lipinski definition) is 31. The molecular weight excluding hydrogens is 1420 g/mol. The lowest BCUT2D eigenvalue weighted by atomic mass is 9.30. The highest BCUT2D eigenvalue weighted by molar-refractivity contribution is 5.91. The maximum absolute atomic E-state index is 15.7. The lowest BCUT2D eigenvalue weighted by molar-refractivity contribution is -0.412. The molecule has 11 aliphatic rings. The zero-order valence-corrected chi connectivity index (χ0v) is 61.6. The summed E-state index contributed by atoms with van der Waals surface area (Å²) in [6.07, 6.45) is -48.2. The zero-order chi connectivity index (χ0) is 78.2. The Morgan fingerprint density at radius 1 is 0.509 bits per heavy atom. The topological polar surface area (TPSA) is 492 Å². The number of aliphatic hydroxyl groups is 14. The molecule has 37 atom stereocenters. The van der Waals surface area contributed by atoms with Gasteiger partial charge in [-0.3, -0.25) is 4.79 Å². The van der Waals surface area contributed by atoms with Crippen molar-refractivity contribution in [1.82, 2.24) is 0 Å². The van der Waals surface area contributed by atoms with E-state index in [0.717, 1.165) is 0 Å². The van der Waals surface area contributed by atoms with Crippen LogP contribution in [0.15, 0.2) is 66.7 Å². The fraction of sp³-hybridized carbons (Fsp3) is 0.763. The average Bonchev–Trinajstić information content (AvgIpc) is 1.40. The maximum atomic E-state index is 15.7. The number of benzene rings is 2. The SMILES string of the molecule is C[C@@H]1O[C@@H](O[C@H]2[C@H](O[C@H]3[C@H](O[C@H]4[C@H](O)[C@@H](C(=O)O)O[C@@H](O[C@H]5CC[C@]6(C)[C@H]7CC[C@@]89OC(=O)[C@@]%10([C@H](O)C[C@@]8(C)[C@]7(C)CC[C@H]6C5(C)C)[C@H]9CC(C)(C)[C@@H](OC(=O)c5ccccc5)[C@@H]%10OC(=O)/C=C\c5ccccc5)[C@@H]4O[C@@H]4O[C@H](CO)[C@H](O)[C@H](O)[C@H]4O)O[C@H](CO)[C@H](O)[C@@H]3O)O[C@@H](C)[C@H](O)[C@H]2O)[C@H](O)[C@H](O)[C@H]1O. The lowest BCUT2D eigenvalue weighted by Gasteiger charge is -2.74. The second kappa shape index (κ2) is 30.1. The zero-order valence-electron chi connectivity index (χ0n) is 61.6. The van der Waals surface area contributed by atoms with Crippen LogP contribution < -0.4 is 0 Å². The minimum Gasteiger partial charge on any atom is -0.479 e. The number of carboxylic acids is 1. The molecular formula is C76H106O32. The molecule has 2 aromatic rings. The van der Waals surface area contributed by atoms with Crippen LogP contribution in [0.4, 0.5) is 0 Å². The van der Waals surface area contributed by atoms with Crippen molar-refractivity contribution in [2.24, 2.45) is 50.2 Å². The van der Waals surface area contributed by atoms with Crippen molar-refractivity contribution in [2.45, 2.75) is 297 Å². The number of hydrogen-bond donors (Lipinski definition) is 15. The van der Waals surface area contributed by atoms with Gasteiger partial charge in [-0.25, -0.2) is 14.4 Å². The van der Waals surface area contributed by atoms with Crippen LogP contribution in [-0.4, -0.2) is 297 Å². The van der Waals surface area contributed by atoms with E-state index in [1.54, 1.807) is 48.5 Å². The number of esters is 3. The predicted octanol–water partition coefficient (Wildman–Crippen LogP) is -0.782. The molecule has 108 heavy (non-hydrogen) atoms. The van der Waals surface area contributed by atoms with Crippen LogP contribution in [0.3, 0.4) is 0 Å². The molecule has 15 N–H and O–H groups in total. The van der Waals surface area contributed by atoms with Crippen molar-refractivity contribution < 1.29 is 157 Å². The summed E-state index contributed by atoms with van der Waals surface area (Å²) in [4.78, 5) is 57.8. The second-order valence-electron chi connectivity index (χ2n) is 33.8. The summed E-state index contributed by atoms with van der Waals surface area (Å²) in [6.45, 7) is 15.0. The fourth-order valence-corrected chi connectivity index (χ4v) is 21.4. The number of carbonyl (C=O) groups is 4. The van der Waals surface area contributed by atoms with Crippen molar-refractivity contribution in [1.29, 1.82) is 0 Å². The molecule has 5 aliphatic carbocycles. The maximum Gasteiger partial charge on any atom is 0.338 e. The van der Waals surface area contributed by atoms with Gasteiger partial charge in [-0.15, -0.1) is 0 Å². The van der Waals surface area contributed by atoms with Crippen LogP contribution in [0.1, 0.15) is 130 Å². The molecule has 0 aromatic heterocycles. The van der Waals surface area contributed by atoms with Gasteiger partial charge < -0.3 is 138 Å². The van der Waals surface area contributed by atoms with Gasteiger partial charge in [0.05, 0.1) is 43.2 Å². The molecule has 2 bridgehead atoms. The highest BCUT2D eigenvalue weighted by Crippen LogP contribution is 2.81. The fourth-order valence-electron chi connectivity index (χ4n) is 21.4. The Kier molecular flexibility index (Phi) is 22.6. The normalized spacial score (nSPS) is 49.6. The molecule has 32 heteroatoms. The third kappa shape index (κ3) is 13.2. The van der Waals surface area contributed by atoms with Gasteiger partial charge in [-0.1, -0.05) is 97.0 Å². The number of carboxylic acid groups (broad SMARTS) is 1. The molecule has 2 aromatic carbocycles. The van der Waals surface area contributed by atoms with Crippen LogP contribution in [0.25, 0.3) is 6.08 Å². The van der Waals surface area contributed by atoms with Gasteiger partial charge in [0.15, 0.2) is 43.7 Å². The van der Waals surface area contributed by atoms with E-state index >= 15 is 4.79 Å². The van der Waals surface area contributed by atoms with E-state index in [-0.39, 0.29) is 36.7 Å². The van der Waals surface area contributed by atoms with E-state index in [1.807, 2.05) is 45.9 Å². The Bertz CT molecular complexity index is 3570. The summed E-state index contributed by atoms with van der Waals surface area (Å²) in [5.74, 6) is -5.24. The van der Waals surface area contributed by atoms with Crippen molar-refractivity contribution in [3.63, 3.8) is 0 Å². The van der Waals surface area contributed by atoms with Gasteiger partial charge >= 0.3 is 23.9 Å². The van der Waals surface area contributed by atoms with Crippen LogP contribution in [-0.2, 0) is 76.0 Å². The molecule has 32 nitrogen and oxygen atoms in total. The number of fused-ring (bicyclic) bond motifs is 4. The van der Waals surface area contributed by atoms with E-state index in [1.165, 1.54) is 19.9 Å². The number of aliphatic hydroxyl groups excluding tert-OH is 14. The summed E-state index contributed by atoms with van der Waals surface area (Å²) in [6, 6.07) is 17.3. The Labute approximate surface area is 623 Å². The van der Waals surface area contributed by atoms with Crippen molar-refractivity contribution >= 4 is 30.0 Å². The largest absolute Gasteiger partial charge is 0.479 e. The first kappa shape index (κ1) is 81.1. The molecule has 6 heterocycles. The quantitative estimate of drug-likeness (QED) is 0.0377. The van der Waals surface area contributed by atoms with Gasteiger partial charge in [0.25, 0.3) is 0 Å². The molecule has 602 valence electrons. The van der Waals surface area contributed by atoms with E-state index in [0.29, 0.717) is 37.7 Å². The number of aliphatic carboxylic acids is 1. The third-order valence-electron chi connectivity index (χ3n) is 27.3.